The molecule has 0 amide bonds. The van der Waals surface area contributed by atoms with Gasteiger partial charge in [0.25, 0.3) is 0 Å². The first-order valence-electron chi connectivity index (χ1n) is 7.98. The van der Waals surface area contributed by atoms with Crippen molar-refractivity contribution >= 4 is 5.82 Å². The number of nitrogens with zero attached hydrogens (tertiary/aromatic N) is 4. The Morgan fingerprint density at radius 3 is 2.87 bits per heavy atom. The summed E-state index contributed by atoms with van der Waals surface area (Å²) in [7, 11) is 2.06. The Morgan fingerprint density at radius 2 is 2.17 bits per heavy atom. The van der Waals surface area contributed by atoms with Crippen molar-refractivity contribution < 1.29 is 4.74 Å². The summed E-state index contributed by atoms with van der Waals surface area (Å²) in [5, 5.41) is 7.34. The minimum absolute atomic E-state index is 0.652. The SMILES string of the molecule is CN(CCN)Cc1c[nH]nc1-c1ccc(N2CCOCC2)nc1. The lowest BCUT2D eigenvalue weighted by Gasteiger charge is -2.27. The van der Waals surface area contributed by atoms with Crippen LogP contribution in [0.1, 0.15) is 5.56 Å². The number of morpholine rings is 1. The molecule has 0 bridgehead atoms. The highest BCUT2D eigenvalue weighted by Crippen LogP contribution is 2.23. The predicted octanol–water partition coefficient (Wildman–Crippen LogP) is 0.699. The molecule has 0 saturated carbocycles. The summed E-state index contributed by atoms with van der Waals surface area (Å²) >= 11 is 0. The molecule has 1 fully saturated rings. The third kappa shape index (κ3) is 3.87. The molecule has 7 nitrogen and oxygen atoms in total. The van der Waals surface area contributed by atoms with Gasteiger partial charge in [0, 0.05) is 56.2 Å². The van der Waals surface area contributed by atoms with E-state index in [9.17, 15) is 0 Å². The number of aromatic amines is 1. The summed E-state index contributed by atoms with van der Waals surface area (Å²) in [5.41, 5.74) is 8.74. The molecular formula is C16H24N6O. The number of aromatic nitrogens is 3. The first kappa shape index (κ1) is 15.9. The second-order valence-electron chi connectivity index (χ2n) is 5.79. The van der Waals surface area contributed by atoms with E-state index in [-0.39, 0.29) is 0 Å². The highest BCUT2D eigenvalue weighted by atomic mass is 16.5. The van der Waals surface area contributed by atoms with Crippen molar-refractivity contribution in [2.45, 2.75) is 6.54 Å². The second-order valence-corrected chi connectivity index (χ2v) is 5.79. The molecule has 3 N–H and O–H groups in total. The van der Waals surface area contributed by atoms with Crippen molar-refractivity contribution in [3.8, 4) is 11.3 Å². The quantitative estimate of drug-likeness (QED) is 0.816. The topological polar surface area (TPSA) is 83.3 Å². The Balaban J connectivity index is 1.73. The average Bonchev–Trinajstić information content (AvgIpc) is 3.04. The normalized spacial score (nSPS) is 15.3. The van der Waals surface area contributed by atoms with Crippen molar-refractivity contribution in [1.29, 1.82) is 0 Å². The molecule has 0 radical (unpaired) electrons. The molecular weight excluding hydrogens is 292 g/mol. The number of hydrogen-bond acceptors (Lipinski definition) is 6. The van der Waals surface area contributed by atoms with Crippen LogP contribution in [0.3, 0.4) is 0 Å². The molecule has 1 aliphatic rings. The van der Waals surface area contributed by atoms with Crippen LogP contribution in [0.15, 0.2) is 24.5 Å². The molecule has 0 spiro atoms. The summed E-state index contributed by atoms with van der Waals surface area (Å²) in [5.74, 6) is 0.995. The maximum absolute atomic E-state index is 5.61. The van der Waals surface area contributed by atoms with Crippen LogP contribution in [-0.4, -0.2) is 66.5 Å². The maximum atomic E-state index is 5.61. The van der Waals surface area contributed by atoms with E-state index in [1.54, 1.807) is 0 Å². The van der Waals surface area contributed by atoms with Gasteiger partial charge in [-0.25, -0.2) is 4.98 Å². The van der Waals surface area contributed by atoms with Gasteiger partial charge in [-0.1, -0.05) is 0 Å². The molecule has 0 aromatic carbocycles. The molecule has 124 valence electrons. The molecule has 3 heterocycles. The van der Waals surface area contributed by atoms with E-state index in [2.05, 4.69) is 44.2 Å². The predicted molar refractivity (Wildman–Crippen MR) is 90.2 cm³/mol. The lowest BCUT2D eigenvalue weighted by Crippen LogP contribution is -2.36. The van der Waals surface area contributed by atoms with Crippen molar-refractivity contribution in [3.63, 3.8) is 0 Å². The fourth-order valence-corrected chi connectivity index (χ4v) is 2.78. The largest absolute Gasteiger partial charge is 0.378 e. The molecule has 7 heteroatoms. The zero-order valence-electron chi connectivity index (χ0n) is 13.5. The first-order chi connectivity index (χ1) is 11.3. The Kier molecular flexibility index (Phi) is 5.22. The van der Waals surface area contributed by atoms with Crippen LogP contribution in [0, 0.1) is 0 Å². The van der Waals surface area contributed by atoms with Gasteiger partial charge in [-0.15, -0.1) is 0 Å². The third-order valence-electron chi connectivity index (χ3n) is 4.03. The number of ether oxygens (including phenoxy) is 1. The van der Waals surface area contributed by atoms with Crippen LogP contribution in [0.4, 0.5) is 5.82 Å². The number of pyridine rings is 1. The standard InChI is InChI=1S/C16H24N6O/c1-21(5-4-17)12-14-11-19-20-16(14)13-2-3-15(18-10-13)22-6-8-23-9-7-22/h2-3,10-11H,4-9,12,17H2,1H3,(H,19,20). The first-order valence-corrected chi connectivity index (χ1v) is 7.98. The lowest BCUT2D eigenvalue weighted by molar-refractivity contribution is 0.122. The minimum Gasteiger partial charge on any atom is -0.378 e. The van der Waals surface area contributed by atoms with Gasteiger partial charge in [0.05, 0.1) is 18.9 Å². The fraction of sp³-hybridized carbons (Fsp3) is 0.500. The number of rotatable bonds is 6. The molecule has 3 rings (SSSR count). The summed E-state index contributed by atoms with van der Waals surface area (Å²) in [6, 6.07) is 4.14. The van der Waals surface area contributed by atoms with Gasteiger partial charge in [0.15, 0.2) is 0 Å². The fourth-order valence-electron chi connectivity index (χ4n) is 2.78. The number of H-pyrrole nitrogens is 1. The Bertz CT molecular complexity index is 605. The van der Waals surface area contributed by atoms with Crippen molar-refractivity contribution in [3.05, 3.63) is 30.1 Å². The summed E-state index contributed by atoms with van der Waals surface area (Å²) in [6.45, 7) is 5.64. The van der Waals surface area contributed by atoms with Crippen molar-refractivity contribution in [2.24, 2.45) is 5.73 Å². The number of likely N-dealkylation sites (N-methyl/N-ethyl adjacent to an activating group) is 1. The van der Waals surface area contributed by atoms with Crippen LogP contribution < -0.4 is 10.6 Å². The Labute approximate surface area is 136 Å². The van der Waals surface area contributed by atoms with Gasteiger partial charge in [0.2, 0.25) is 0 Å². The number of anilines is 1. The maximum Gasteiger partial charge on any atom is 0.128 e. The van der Waals surface area contributed by atoms with Crippen LogP contribution in [-0.2, 0) is 11.3 Å². The second kappa shape index (κ2) is 7.54. The Morgan fingerprint density at radius 1 is 1.35 bits per heavy atom. The lowest BCUT2D eigenvalue weighted by atomic mass is 10.1. The van der Waals surface area contributed by atoms with Crippen LogP contribution in [0.25, 0.3) is 11.3 Å². The third-order valence-corrected chi connectivity index (χ3v) is 4.03. The van der Waals surface area contributed by atoms with E-state index in [1.165, 1.54) is 0 Å². The zero-order valence-corrected chi connectivity index (χ0v) is 13.5. The molecule has 2 aromatic heterocycles. The van der Waals surface area contributed by atoms with Gasteiger partial charge in [-0.05, 0) is 19.2 Å². The molecule has 1 aliphatic heterocycles. The minimum atomic E-state index is 0.652. The van der Waals surface area contributed by atoms with Gasteiger partial charge >= 0.3 is 0 Å². The van der Waals surface area contributed by atoms with Crippen molar-refractivity contribution in [2.75, 3.05) is 51.3 Å². The van der Waals surface area contributed by atoms with E-state index < -0.39 is 0 Å². The van der Waals surface area contributed by atoms with E-state index in [0.717, 1.165) is 62.0 Å². The van der Waals surface area contributed by atoms with E-state index in [4.69, 9.17) is 10.5 Å². The smallest absolute Gasteiger partial charge is 0.128 e. The number of nitrogens with two attached hydrogens (primary N) is 1. The molecule has 0 atom stereocenters. The van der Waals surface area contributed by atoms with Gasteiger partial charge in [-0.3, -0.25) is 5.10 Å². The number of nitrogens with one attached hydrogen (secondary N) is 1. The summed E-state index contributed by atoms with van der Waals surface area (Å²) in [4.78, 5) is 9.03. The zero-order chi connectivity index (χ0) is 16.1. The van der Waals surface area contributed by atoms with E-state index in [1.807, 2.05) is 12.4 Å². The molecule has 2 aromatic rings. The Hall–Kier alpha value is -1.96. The summed E-state index contributed by atoms with van der Waals surface area (Å²) < 4.78 is 5.38. The average molecular weight is 316 g/mol. The van der Waals surface area contributed by atoms with Crippen LogP contribution in [0.5, 0.6) is 0 Å². The van der Waals surface area contributed by atoms with Gasteiger partial charge in [0.1, 0.15) is 5.82 Å². The highest BCUT2D eigenvalue weighted by Gasteiger charge is 2.14. The number of hydrogen-bond donors (Lipinski definition) is 2. The highest BCUT2D eigenvalue weighted by molar-refractivity contribution is 5.63. The van der Waals surface area contributed by atoms with Crippen molar-refractivity contribution in [1.82, 2.24) is 20.1 Å². The molecule has 0 unspecified atom stereocenters. The molecule has 1 saturated heterocycles. The van der Waals surface area contributed by atoms with Gasteiger partial charge < -0.3 is 20.3 Å². The van der Waals surface area contributed by atoms with E-state index in [0.29, 0.717) is 6.54 Å². The molecule has 23 heavy (non-hydrogen) atoms. The van der Waals surface area contributed by atoms with Gasteiger partial charge in [-0.2, -0.15) is 5.10 Å². The monoisotopic (exact) mass is 316 g/mol. The van der Waals surface area contributed by atoms with Crippen LogP contribution >= 0.6 is 0 Å². The van der Waals surface area contributed by atoms with E-state index >= 15 is 0 Å². The van der Waals surface area contributed by atoms with Crippen LogP contribution in [0.2, 0.25) is 0 Å². The molecule has 0 aliphatic carbocycles. The summed E-state index contributed by atoms with van der Waals surface area (Å²) in [6.07, 6.45) is 3.84.